The van der Waals surface area contributed by atoms with Crippen LogP contribution >= 0.6 is 11.3 Å². The third kappa shape index (κ3) is 2.43. The van der Waals surface area contributed by atoms with E-state index < -0.39 is 11.9 Å². The molecule has 1 aliphatic rings. The molecule has 0 spiro atoms. The predicted octanol–water partition coefficient (Wildman–Crippen LogP) is 1.93. The molecule has 0 bridgehead atoms. The molecule has 0 aliphatic heterocycles. The van der Waals surface area contributed by atoms with Crippen molar-refractivity contribution in [3.63, 3.8) is 0 Å². The molecule has 1 aromatic rings. The summed E-state index contributed by atoms with van der Waals surface area (Å²) in [5.74, 6) is -1.84. The van der Waals surface area contributed by atoms with Gasteiger partial charge in [-0.25, -0.2) is 0 Å². The molecule has 1 aliphatic carbocycles. The van der Waals surface area contributed by atoms with Gasteiger partial charge < -0.3 is 10.4 Å². The summed E-state index contributed by atoms with van der Waals surface area (Å²) in [5.41, 5.74) is 1.02. The monoisotopic (exact) mass is 267 g/mol. The Morgan fingerprint density at radius 2 is 2.28 bits per heavy atom. The predicted molar refractivity (Wildman–Crippen MR) is 67.0 cm³/mol. The van der Waals surface area contributed by atoms with E-state index in [1.54, 1.807) is 5.38 Å². The van der Waals surface area contributed by atoms with Crippen molar-refractivity contribution in [3.8, 4) is 0 Å². The Hall–Kier alpha value is -1.69. The number of aliphatic carboxylic acids is 1. The maximum atomic E-state index is 12.2. The third-order valence-electron chi connectivity index (χ3n) is 2.94. The summed E-state index contributed by atoms with van der Waals surface area (Å²) in [6.45, 7) is 1.38. The Morgan fingerprint density at radius 3 is 2.89 bits per heavy atom. The SMILES string of the molecule is CC(=O)Nc1csc2c1C(=O)C(CC(=O)O)CC2. The Balaban J connectivity index is 2.29. The molecule has 1 atom stereocenters. The van der Waals surface area contributed by atoms with Crippen LogP contribution in [0.2, 0.25) is 0 Å². The van der Waals surface area contributed by atoms with Gasteiger partial charge in [0.05, 0.1) is 17.7 Å². The average molecular weight is 267 g/mol. The first-order chi connectivity index (χ1) is 8.49. The van der Waals surface area contributed by atoms with Gasteiger partial charge in [-0.05, 0) is 12.8 Å². The Labute approximate surface area is 108 Å². The zero-order chi connectivity index (χ0) is 13.3. The third-order valence-corrected chi connectivity index (χ3v) is 3.98. The highest BCUT2D eigenvalue weighted by Crippen LogP contribution is 2.36. The molecule has 1 heterocycles. The smallest absolute Gasteiger partial charge is 0.304 e. The lowest BCUT2D eigenvalue weighted by Gasteiger charge is -2.20. The van der Waals surface area contributed by atoms with Gasteiger partial charge in [-0.15, -0.1) is 11.3 Å². The molecule has 0 fully saturated rings. The van der Waals surface area contributed by atoms with E-state index in [4.69, 9.17) is 5.11 Å². The summed E-state index contributed by atoms with van der Waals surface area (Å²) in [7, 11) is 0. The number of rotatable bonds is 3. The van der Waals surface area contributed by atoms with E-state index in [1.807, 2.05) is 0 Å². The average Bonchev–Trinajstić information content (AvgIpc) is 2.65. The first kappa shape index (κ1) is 12.8. The van der Waals surface area contributed by atoms with E-state index in [-0.39, 0.29) is 18.1 Å². The Morgan fingerprint density at radius 1 is 1.56 bits per heavy atom. The number of ketones is 1. The first-order valence-electron chi connectivity index (χ1n) is 5.63. The highest BCUT2D eigenvalue weighted by atomic mass is 32.1. The van der Waals surface area contributed by atoms with Crippen LogP contribution in [0, 0.1) is 5.92 Å². The van der Waals surface area contributed by atoms with Crippen LogP contribution in [0.3, 0.4) is 0 Å². The zero-order valence-electron chi connectivity index (χ0n) is 9.86. The van der Waals surface area contributed by atoms with E-state index in [0.717, 1.165) is 4.88 Å². The molecule has 1 aromatic heterocycles. The lowest BCUT2D eigenvalue weighted by molar-refractivity contribution is -0.137. The van der Waals surface area contributed by atoms with Gasteiger partial charge in [-0.3, -0.25) is 14.4 Å². The van der Waals surface area contributed by atoms with Gasteiger partial charge in [0.1, 0.15) is 0 Å². The second-order valence-electron chi connectivity index (χ2n) is 4.33. The standard InChI is InChI=1S/C12H13NO4S/c1-6(14)13-8-5-18-9-3-2-7(4-10(15)16)12(17)11(8)9/h5,7H,2-4H2,1H3,(H,13,14)(H,15,16). The van der Waals surface area contributed by atoms with Crippen molar-refractivity contribution in [1.29, 1.82) is 0 Å². The van der Waals surface area contributed by atoms with Crippen LogP contribution in [0.5, 0.6) is 0 Å². The highest BCUT2D eigenvalue weighted by molar-refractivity contribution is 7.11. The van der Waals surface area contributed by atoms with Gasteiger partial charge in [0.2, 0.25) is 5.91 Å². The zero-order valence-corrected chi connectivity index (χ0v) is 10.7. The molecule has 0 saturated carbocycles. The van der Waals surface area contributed by atoms with E-state index in [0.29, 0.717) is 24.1 Å². The number of fused-ring (bicyclic) bond motifs is 1. The van der Waals surface area contributed by atoms with Gasteiger partial charge >= 0.3 is 5.97 Å². The van der Waals surface area contributed by atoms with Crippen LogP contribution in [0.15, 0.2) is 5.38 Å². The molecular formula is C12H13NO4S. The molecule has 1 amide bonds. The molecule has 0 aromatic carbocycles. The summed E-state index contributed by atoms with van der Waals surface area (Å²) < 4.78 is 0. The first-order valence-corrected chi connectivity index (χ1v) is 6.51. The van der Waals surface area contributed by atoms with Crippen molar-refractivity contribution in [2.24, 2.45) is 5.92 Å². The number of Topliss-reactive ketones (excluding diaryl/α,β-unsaturated/α-hetero) is 1. The maximum absolute atomic E-state index is 12.2. The van der Waals surface area contributed by atoms with Crippen LogP contribution in [0.25, 0.3) is 0 Å². The minimum atomic E-state index is -0.965. The number of carboxylic acid groups (broad SMARTS) is 1. The van der Waals surface area contributed by atoms with Gasteiger partial charge in [0.15, 0.2) is 5.78 Å². The Bertz CT molecular complexity index is 520. The maximum Gasteiger partial charge on any atom is 0.304 e. The fraction of sp³-hybridized carbons (Fsp3) is 0.417. The second kappa shape index (κ2) is 4.89. The molecule has 96 valence electrons. The summed E-state index contributed by atoms with van der Waals surface area (Å²) in [6, 6.07) is 0. The number of anilines is 1. The fourth-order valence-electron chi connectivity index (χ4n) is 2.18. The topological polar surface area (TPSA) is 83.5 Å². The number of carboxylic acids is 1. The van der Waals surface area contributed by atoms with E-state index in [2.05, 4.69) is 5.32 Å². The van der Waals surface area contributed by atoms with Gasteiger partial charge in [0, 0.05) is 23.1 Å². The number of amides is 1. The molecule has 1 unspecified atom stereocenters. The number of carbonyl (C=O) groups is 3. The van der Waals surface area contributed by atoms with E-state index in [1.165, 1.54) is 18.3 Å². The lowest BCUT2D eigenvalue weighted by Crippen LogP contribution is -2.25. The molecule has 2 N–H and O–H groups in total. The lowest BCUT2D eigenvalue weighted by atomic mass is 9.84. The summed E-state index contributed by atoms with van der Waals surface area (Å²) >= 11 is 1.44. The Kier molecular flexibility index (Phi) is 3.47. The van der Waals surface area contributed by atoms with Crippen LogP contribution < -0.4 is 5.32 Å². The van der Waals surface area contributed by atoms with E-state index >= 15 is 0 Å². The molecule has 0 radical (unpaired) electrons. The fourth-order valence-corrected chi connectivity index (χ4v) is 3.18. The summed E-state index contributed by atoms with van der Waals surface area (Å²) in [4.78, 5) is 34.9. The molecule has 6 heteroatoms. The van der Waals surface area contributed by atoms with E-state index in [9.17, 15) is 14.4 Å². The number of hydrogen-bond acceptors (Lipinski definition) is 4. The van der Waals surface area contributed by atoms with Crippen molar-refractivity contribution < 1.29 is 19.5 Å². The van der Waals surface area contributed by atoms with Crippen molar-refractivity contribution in [2.75, 3.05) is 5.32 Å². The minimum Gasteiger partial charge on any atom is -0.481 e. The second-order valence-corrected chi connectivity index (χ2v) is 5.29. The molecular weight excluding hydrogens is 254 g/mol. The van der Waals surface area contributed by atoms with Crippen LogP contribution in [0.1, 0.15) is 35.0 Å². The van der Waals surface area contributed by atoms with Crippen molar-refractivity contribution in [2.45, 2.75) is 26.2 Å². The minimum absolute atomic E-state index is 0.145. The number of thiophene rings is 1. The van der Waals surface area contributed by atoms with Crippen LogP contribution in [-0.4, -0.2) is 22.8 Å². The molecule has 5 nitrogen and oxygen atoms in total. The largest absolute Gasteiger partial charge is 0.481 e. The quantitative estimate of drug-likeness (QED) is 0.876. The van der Waals surface area contributed by atoms with Gasteiger partial charge in [-0.1, -0.05) is 0 Å². The normalized spacial score (nSPS) is 18.3. The van der Waals surface area contributed by atoms with Crippen molar-refractivity contribution >= 4 is 34.7 Å². The summed E-state index contributed by atoms with van der Waals surface area (Å²) in [6.07, 6.45) is 1.12. The number of carbonyl (C=O) groups excluding carboxylic acids is 2. The van der Waals surface area contributed by atoms with Crippen LogP contribution in [-0.2, 0) is 16.0 Å². The number of aryl methyl sites for hydroxylation is 1. The van der Waals surface area contributed by atoms with Crippen LogP contribution in [0.4, 0.5) is 5.69 Å². The molecule has 18 heavy (non-hydrogen) atoms. The van der Waals surface area contributed by atoms with Crippen molar-refractivity contribution in [3.05, 3.63) is 15.8 Å². The number of hydrogen-bond donors (Lipinski definition) is 2. The number of nitrogens with one attached hydrogen (secondary N) is 1. The molecule has 2 rings (SSSR count). The highest BCUT2D eigenvalue weighted by Gasteiger charge is 2.32. The summed E-state index contributed by atoms with van der Waals surface area (Å²) in [5, 5.41) is 13.1. The van der Waals surface area contributed by atoms with Crippen molar-refractivity contribution in [1.82, 2.24) is 0 Å². The van der Waals surface area contributed by atoms with Gasteiger partial charge in [-0.2, -0.15) is 0 Å². The van der Waals surface area contributed by atoms with Gasteiger partial charge in [0.25, 0.3) is 0 Å². The molecule has 0 saturated heterocycles.